The average molecular weight is 269 g/mol. The number of carbonyl (C=O) groups excluding carboxylic acids is 1. The number of hydrogen-bond donors (Lipinski definition) is 1. The first-order chi connectivity index (χ1) is 9.34. The Labute approximate surface area is 116 Å². The predicted octanol–water partition coefficient (Wildman–Crippen LogP) is 4.09. The monoisotopic (exact) mass is 269 g/mol. The SMILES string of the molecule is O=C(NOC1CCCCCC1)OC1CCCCCC1. The minimum absolute atomic E-state index is 0.0835. The van der Waals surface area contributed by atoms with Crippen molar-refractivity contribution < 1.29 is 14.4 Å². The Kier molecular flexibility index (Phi) is 6.48. The van der Waals surface area contributed by atoms with Crippen molar-refractivity contribution in [3.63, 3.8) is 0 Å². The van der Waals surface area contributed by atoms with E-state index >= 15 is 0 Å². The maximum Gasteiger partial charge on any atom is 0.431 e. The van der Waals surface area contributed by atoms with E-state index in [1.807, 2.05) is 0 Å². The minimum Gasteiger partial charge on any atom is -0.445 e. The Bertz CT molecular complexity index is 254. The highest BCUT2D eigenvalue weighted by atomic mass is 16.7. The largest absolute Gasteiger partial charge is 0.445 e. The van der Waals surface area contributed by atoms with Crippen LogP contribution < -0.4 is 5.48 Å². The van der Waals surface area contributed by atoms with Crippen LogP contribution in [0.1, 0.15) is 77.0 Å². The van der Waals surface area contributed by atoms with Gasteiger partial charge in [-0.15, -0.1) is 0 Å². The summed E-state index contributed by atoms with van der Waals surface area (Å²) in [6.45, 7) is 0. The van der Waals surface area contributed by atoms with Crippen molar-refractivity contribution in [2.45, 2.75) is 89.3 Å². The lowest BCUT2D eigenvalue weighted by Gasteiger charge is -2.18. The van der Waals surface area contributed by atoms with Crippen LogP contribution in [0.5, 0.6) is 0 Å². The van der Waals surface area contributed by atoms with Crippen molar-refractivity contribution in [1.29, 1.82) is 0 Å². The molecule has 2 fully saturated rings. The third-order valence-corrected chi connectivity index (χ3v) is 4.19. The predicted molar refractivity (Wildman–Crippen MR) is 73.7 cm³/mol. The maximum atomic E-state index is 11.7. The van der Waals surface area contributed by atoms with Gasteiger partial charge in [-0.1, -0.05) is 38.5 Å². The number of hydrogen-bond acceptors (Lipinski definition) is 3. The molecule has 0 bridgehead atoms. The number of nitrogens with one attached hydrogen (secondary N) is 1. The summed E-state index contributed by atoms with van der Waals surface area (Å²) in [5, 5.41) is 0. The number of amides is 1. The molecule has 0 aromatic rings. The van der Waals surface area contributed by atoms with E-state index < -0.39 is 6.09 Å². The fourth-order valence-electron chi connectivity index (χ4n) is 3.03. The molecule has 1 N–H and O–H groups in total. The molecule has 0 heterocycles. The topological polar surface area (TPSA) is 47.6 Å². The zero-order valence-electron chi connectivity index (χ0n) is 11.9. The summed E-state index contributed by atoms with van der Waals surface area (Å²) in [5.74, 6) is 0. The Balaban J connectivity index is 1.62. The second-order valence-electron chi connectivity index (χ2n) is 5.85. The first-order valence-corrected chi connectivity index (χ1v) is 7.97. The third-order valence-electron chi connectivity index (χ3n) is 4.19. The second kappa shape index (κ2) is 8.41. The van der Waals surface area contributed by atoms with Gasteiger partial charge < -0.3 is 4.74 Å². The van der Waals surface area contributed by atoms with Crippen molar-refractivity contribution in [3.8, 4) is 0 Å². The summed E-state index contributed by atoms with van der Waals surface area (Å²) in [4.78, 5) is 17.2. The molecule has 4 heteroatoms. The van der Waals surface area contributed by atoms with E-state index in [-0.39, 0.29) is 12.2 Å². The van der Waals surface area contributed by atoms with Crippen LogP contribution in [0.4, 0.5) is 4.79 Å². The van der Waals surface area contributed by atoms with Crippen LogP contribution in [-0.2, 0) is 9.57 Å². The molecule has 0 aliphatic heterocycles. The highest BCUT2D eigenvalue weighted by Gasteiger charge is 2.18. The van der Waals surface area contributed by atoms with Gasteiger partial charge in [0.15, 0.2) is 0 Å². The smallest absolute Gasteiger partial charge is 0.431 e. The summed E-state index contributed by atoms with van der Waals surface area (Å²) in [6, 6.07) is 0. The van der Waals surface area contributed by atoms with Gasteiger partial charge >= 0.3 is 6.09 Å². The number of ether oxygens (including phenoxy) is 1. The first kappa shape index (κ1) is 14.6. The number of carbonyl (C=O) groups is 1. The highest BCUT2D eigenvalue weighted by molar-refractivity contribution is 5.66. The summed E-state index contributed by atoms with van der Waals surface area (Å²) < 4.78 is 5.42. The minimum atomic E-state index is -0.406. The van der Waals surface area contributed by atoms with Gasteiger partial charge in [-0.2, -0.15) is 5.48 Å². The maximum absolute atomic E-state index is 11.7. The number of rotatable bonds is 3. The Hall–Kier alpha value is -0.770. The fraction of sp³-hybridized carbons (Fsp3) is 0.933. The lowest BCUT2D eigenvalue weighted by atomic mass is 10.2. The van der Waals surface area contributed by atoms with Crippen molar-refractivity contribution in [1.82, 2.24) is 5.48 Å². The van der Waals surface area contributed by atoms with Gasteiger partial charge in [0.2, 0.25) is 0 Å². The molecule has 2 aliphatic carbocycles. The Morgan fingerprint density at radius 2 is 1.21 bits per heavy atom. The van der Waals surface area contributed by atoms with Crippen LogP contribution in [0, 0.1) is 0 Å². The average Bonchev–Trinajstić information content (AvgIpc) is 2.80. The lowest BCUT2D eigenvalue weighted by molar-refractivity contribution is -0.0381. The molecule has 110 valence electrons. The van der Waals surface area contributed by atoms with Gasteiger partial charge in [0.25, 0.3) is 0 Å². The van der Waals surface area contributed by atoms with E-state index in [2.05, 4.69) is 5.48 Å². The second-order valence-corrected chi connectivity index (χ2v) is 5.85. The molecule has 1 amide bonds. The van der Waals surface area contributed by atoms with Crippen molar-refractivity contribution in [2.24, 2.45) is 0 Å². The van der Waals surface area contributed by atoms with Gasteiger partial charge in [0, 0.05) is 0 Å². The van der Waals surface area contributed by atoms with Crippen LogP contribution in [0.2, 0.25) is 0 Å². The van der Waals surface area contributed by atoms with Crippen LogP contribution >= 0.6 is 0 Å². The summed E-state index contributed by atoms with van der Waals surface area (Å²) in [7, 11) is 0. The van der Waals surface area contributed by atoms with E-state index in [0.29, 0.717) is 0 Å². The van der Waals surface area contributed by atoms with Gasteiger partial charge in [-0.25, -0.2) is 4.79 Å². The molecule has 0 radical (unpaired) electrons. The molecular formula is C15H27NO3. The summed E-state index contributed by atoms with van der Waals surface area (Å²) >= 11 is 0. The van der Waals surface area contributed by atoms with Crippen LogP contribution in [0.15, 0.2) is 0 Å². The molecule has 4 nitrogen and oxygen atoms in total. The molecule has 0 aromatic carbocycles. The van der Waals surface area contributed by atoms with E-state index in [1.54, 1.807) is 0 Å². The molecule has 0 aromatic heterocycles. The third kappa shape index (κ3) is 5.81. The van der Waals surface area contributed by atoms with Gasteiger partial charge in [0.05, 0.1) is 6.10 Å². The lowest BCUT2D eigenvalue weighted by Crippen LogP contribution is -2.32. The molecule has 19 heavy (non-hydrogen) atoms. The molecule has 0 unspecified atom stereocenters. The van der Waals surface area contributed by atoms with Crippen LogP contribution in [0.25, 0.3) is 0 Å². The number of hydroxylamine groups is 1. The quantitative estimate of drug-likeness (QED) is 0.620. The molecule has 2 saturated carbocycles. The van der Waals surface area contributed by atoms with Crippen LogP contribution in [-0.4, -0.2) is 18.3 Å². The van der Waals surface area contributed by atoms with Crippen LogP contribution in [0.3, 0.4) is 0 Å². The molecular weight excluding hydrogens is 242 g/mol. The highest BCUT2D eigenvalue weighted by Crippen LogP contribution is 2.21. The van der Waals surface area contributed by atoms with Crippen molar-refractivity contribution in [3.05, 3.63) is 0 Å². The van der Waals surface area contributed by atoms with Gasteiger partial charge in [0.1, 0.15) is 6.10 Å². The van der Waals surface area contributed by atoms with E-state index in [9.17, 15) is 4.79 Å². The molecule has 0 atom stereocenters. The van der Waals surface area contributed by atoms with E-state index in [4.69, 9.17) is 9.57 Å². The van der Waals surface area contributed by atoms with E-state index in [0.717, 1.165) is 25.7 Å². The van der Waals surface area contributed by atoms with Gasteiger partial charge in [-0.3, -0.25) is 4.84 Å². The molecule has 0 saturated heterocycles. The zero-order chi connectivity index (χ0) is 13.3. The van der Waals surface area contributed by atoms with E-state index in [1.165, 1.54) is 51.4 Å². The summed E-state index contributed by atoms with van der Waals surface area (Å²) in [5.41, 5.74) is 2.49. The molecule has 0 spiro atoms. The van der Waals surface area contributed by atoms with Crippen molar-refractivity contribution in [2.75, 3.05) is 0 Å². The van der Waals surface area contributed by atoms with Gasteiger partial charge in [-0.05, 0) is 38.5 Å². The first-order valence-electron chi connectivity index (χ1n) is 7.97. The van der Waals surface area contributed by atoms with Crippen molar-refractivity contribution >= 4 is 6.09 Å². The summed E-state index contributed by atoms with van der Waals surface area (Å²) in [6.07, 6.45) is 13.8. The standard InChI is InChI=1S/C15H27NO3/c17-15(18-13-9-5-1-2-6-10-13)16-19-14-11-7-3-4-8-12-14/h13-14H,1-12H2,(H,16,17). The Morgan fingerprint density at radius 3 is 1.74 bits per heavy atom. The zero-order valence-corrected chi connectivity index (χ0v) is 11.9. The fourth-order valence-corrected chi connectivity index (χ4v) is 3.03. The molecule has 2 aliphatic rings. The molecule has 2 rings (SSSR count). The normalized spacial score (nSPS) is 23.4. The Morgan fingerprint density at radius 1 is 0.737 bits per heavy atom.